The predicted molar refractivity (Wildman–Crippen MR) is 95.6 cm³/mol. The molecule has 0 atom stereocenters. The highest BCUT2D eigenvalue weighted by atomic mass is 32.2. The van der Waals surface area contributed by atoms with Crippen LogP contribution in [-0.4, -0.2) is 27.3 Å². The highest BCUT2D eigenvalue weighted by Crippen LogP contribution is 2.23. The molecule has 2 heterocycles. The Balaban J connectivity index is 1.71. The Morgan fingerprint density at radius 3 is 2.92 bits per heavy atom. The third-order valence-corrected chi connectivity index (χ3v) is 4.08. The molecule has 0 aliphatic heterocycles. The Kier molecular flexibility index (Phi) is 4.71. The number of carbonyl (C=O) groups is 1. The van der Waals surface area contributed by atoms with Crippen LogP contribution in [0.3, 0.4) is 0 Å². The Bertz CT molecular complexity index is 895. The largest absolute Gasteiger partial charge is 0.460 e. The van der Waals surface area contributed by atoms with Crippen molar-refractivity contribution in [2.24, 2.45) is 5.10 Å². The standard InChI is InChI=1S/C17H18N4O2S/c1-10(2)24-17-19-14-7-5-12(8-15(14)20-17)16(22)21-18-9-13-6-4-11(3)23-13/h4-10H,1-3H3,(H,19,20)(H,21,22)/b18-9-. The van der Waals surface area contributed by atoms with Crippen molar-refractivity contribution in [1.29, 1.82) is 0 Å². The van der Waals surface area contributed by atoms with Gasteiger partial charge in [0.1, 0.15) is 11.5 Å². The number of furan rings is 1. The summed E-state index contributed by atoms with van der Waals surface area (Å²) in [4.78, 5) is 19.9. The molecule has 124 valence electrons. The molecule has 0 aliphatic rings. The number of rotatable bonds is 5. The average Bonchev–Trinajstić information content (AvgIpc) is 3.11. The van der Waals surface area contributed by atoms with Crippen LogP contribution in [0.25, 0.3) is 11.0 Å². The maximum absolute atomic E-state index is 12.2. The fourth-order valence-electron chi connectivity index (χ4n) is 2.15. The van der Waals surface area contributed by atoms with Gasteiger partial charge < -0.3 is 9.40 Å². The number of aromatic amines is 1. The summed E-state index contributed by atoms with van der Waals surface area (Å²) in [6.45, 7) is 6.06. The first-order chi connectivity index (χ1) is 11.5. The van der Waals surface area contributed by atoms with E-state index in [4.69, 9.17) is 4.42 Å². The number of aryl methyl sites for hydroxylation is 1. The molecular formula is C17H18N4O2S. The van der Waals surface area contributed by atoms with E-state index < -0.39 is 0 Å². The van der Waals surface area contributed by atoms with Gasteiger partial charge in [-0.1, -0.05) is 25.6 Å². The van der Waals surface area contributed by atoms with E-state index in [-0.39, 0.29) is 5.91 Å². The molecule has 1 amide bonds. The van der Waals surface area contributed by atoms with Gasteiger partial charge in [0.15, 0.2) is 5.16 Å². The van der Waals surface area contributed by atoms with Crippen molar-refractivity contribution in [3.05, 3.63) is 47.4 Å². The number of imidazole rings is 1. The van der Waals surface area contributed by atoms with Crippen LogP contribution in [0, 0.1) is 6.92 Å². The molecule has 0 saturated carbocycles. The number of aromatic nitrogens is 2. The van der Waals surface area contributed by atoms with Crippen LogP contribution in [0.15, 0.2) is 45.0 Å². The second kappa shape index (κ2) is 6.92. The Morgan fingerprint density at radius 2 is 2.21 bits per heavy atom. The first kappa shape index (κ1) is 16.3. The van der Waals surface area contributed by atoms with Crippen LogP contribution in [0.5, 0.6) is 0 Å². The van der Waals surface area contributed by atoms with Crippen molar-refractivity contribution in [3.8, 4) is 0 Å². The van der Waals surface area contributed by atoms with Crippen LogP contribution in [0.1, 0.15) is 35.7 Å². The van der Waals surface area contributed by atoms with Gasteiger partial charge in [0.2, 0.25) is 0 Å². The van der Waals surface area contributed by atoms with Crippen molar-refractivity contribution in [2.45, 2.75) is 31.2 Å². The van der Waals surface area contributed by atoms with Crippen molar-refractivity contribution in [3.63, 3.8) is 0 Å². The Labute approximate surface area is 143 Å². The summed E-state index contributed by atoms with van der Waals surface area (Å²) in [5, 5.41) is 5.20. The topological polar surface area (TPSA) is 83.3 Å². The number of hydrogen-bond acceptors (Lipinski definition) is 5. The summed E-state index contributed by atoms with van der Waals surface area (Å²) >= 11 is 1.65. The molecule has 2 aromatic heterocycles. The molecule has 2 N–H and O–H groups in total. The highest BCUT2D eigenvalue weighted by Gasteiger charge is 2.09. The lowest BCUT2D eigenvalue weighted by atomic mass is 10.2. The number of hydrazone groups is 1. The summed E-state index contributed by atoms with van der Waals surface area (Å²) < 4.78 is 5.35. The minimum absolute atomic E-state index is 0.288. The monoisotopic (exact) mass is 342 g/mol. The number of fused-ring (bicyclic) bond motifs is 1. The lowest BCUT2D eigenvalue weighted by molar-refractivity contribution is 0.0955. The van der Waals surface area contributed by atoms with Gasteiger partial charge in [-0.25, -0.2) is 10.4 Å². The van der Waals surface area contributed by atoms with Gasteiger partial charge in [0.25, 0.3) is 5.91 Å². The first-order valence-electron chi connectivity index (χ1n) is 7.57. The molecule has 3 aromatic rings. The smallest absolute Gasteiger partial charge is 0.271 e. The molecule has 3 rings (SSSR count). The maximum Gasteiger partial charge on any atom is 0.271 e. The minimum atomic E-state index is -0.288. The summed E-state index contributed by atoms with van der Waals surface area (Å²) in [6.07, 6.45) is 1.47. The zero-order chi connectivity index (χ0) is 17.1. The fraction of sp³-hybridized carbons (Fsp3) is 0.235. The van der Waals surface area contributed by atoms with Gasteiger partial charge >= 0.3 is 0 Å². The van der Waals surface area contributed by atoms with Gasteiger partial charge in [0, 0.05) is 10.8 Å². The van der Waals surface area contributed by atoms with E-state index in [9.17, 15) is 4.79 Å². The number of nitrogens with one attached hydrogen (secondary N) is 2. The van der Waals surface area contributed by atoms with Crippen molar-refractivity contribution >= 4 is 34.9 Å². The number of amides is 1. The van der Waals surface area contributed by atoms with Crippen LogP contribution in [-0.2, 0) is 0 Å². The predicted octanol–water partition coefficient (Wildman–Crippen LogP) is 3.73. The van der Waals surface area contributed by atoms with Crippen molar-refractivity contribution in [1.82, 2.24) is 15.4 Å². The summed E-state index contributed by atoms with van der Waals surface area (Å²) in [6, 6.07) is 8.95. The van der Waals surface area contributed by atoms with E-state index in [1.54, 1.807) is 30.0 Å². The number of benzene rings is 1. The molecule has 0 saturated heterocycles. The quantitative estimate of drug-likeness (QED) is 0.420. The second-order valence-electron chi connectivity index (χ2n) is 5.59. The van der Waals surface area contributed by atoms with Crippen LogP contribution < -0.4 is 5.43 Å². The Hall–Kier alpha value is -2.54. The average molecular weight is 342 g/mol. The minimum Gasteiger partial charge on any atom is -0.460 e. The zero-order valence-electron chi connectivity index (χ0n) is 13.7. The van der Waals surface area contributed by atoms with E-state index in [1.165, 1.54) is 6.21 Å². The molecule has 24 heavy (non-hydrogen) atoms. The molecule has 7 heteroatoms. The van der Waals surface area contributed by atoms with Gasteiger partial charge in [-0.2, -0.15) is 5.10 Å². The number of thioether (sulfide) groups is 1. The van der Waals surface area contributed by atoms with Gasteiger partial charge in [0.05, 0.1) is 17.2 Å². The van der Waals surface area contributed by atoms with E-state index in [0.29, 0.717) is 16.6 Å². The summed E-state index contributed by atoms with van der Waals surface area (Å²) in [5.74, 6) is 1.10. The third kappa shape index (κ3) is 3.86. The fourth-order valence-corrected chi connectivity index (χ4v) is 2.91. The normalized spacial score (nSPS) is 11.7. The van der Waals surface area contributed by atoms with Crippen LogP contribution in [0.4, 0.5) is 0 Å². The zero-order valence-corrected chi connectivity index (χ0v) is 14.5. The SMILES string of the molecule is Cc1ccc(/C=N\NC(=O)c2ccc3nc(SC(C)C)[nH]c3c2)o1. The van der Waals surface area contributed by atoms with E-state index in [2.05, 4.69) is 34.3 Å². The van der Waals surface area contributed by atoms with Crippen molar-refractivity contribution in [2.75, 3.05) is 0 Å². The number of hydrogen-bond donors (Lipinski definition) is 2. The highest BCUT2D eigenvalue weighted by molar-refractivity contribution is 7.99. The molecule has 0 bridgehead atoms. The van der Waals surface area contributed by atoms with Crippen LogP contribution >= 0.6 is 11.8 Å². The Morgan fingerprint density at radius 1 is 1.38 bits per heavy atom. The van der Waals surface area contributed by atoms with Gasteiger partial charge in [-0.3, -0.25) is 4.79 Å². The number of H-pyrrole nitrogens is 1. The molecule has 1 aromatic carbocycles. The van der Waals surface area contributed by atoms with Gasteiger partial charge in [-0.15, -0.1) is 0 Å². The van der Waals surface area contributed by atoms with E-state index in [1.807, 2.05) is 19.1 Å². The van der Waals surface area contributed by atoms with E-state index in [0.717, 1.165) is 22.0 Å². The molecule has 0 aliphatic carbocycles. The third-order valence-electron chi connectivity index (χ3n) is 3.19. The number of nitrogens with zero attached hydrogens (tertiary/aromatic N) is 2. The van der Waals surface area contributed by atoms with Crippen LogP contribution in [0.2, 0.25) is 0 Å². The van der Waals surface area contributed by atoms with Crippen molar-refractivity contribution < 1.29 is 9.21 Å². The van der Waals surface area contributed by atoms with E-state index >= 15 is 0 Å². The van der Waals surface area contributed by atoms with Gasteiger partial charge in [-0.05, 0) is 37.3 Å². The molecule has 0 radical (unpaired) electrons. The number of carbonyl (C=O) groups excluding carboxylic acids is 1. The summed E-state index contributed by atoms with van der Waals surface area (Å²) in [7, 11) is 0. The lowest BCUT2D eigenvalue weighted by Gasteiger charge is -1.99. The lowest BCUT2D eigenvalue weighted by Crippen LogP contribution is -2.17. The first-order valence-corrected chi connectivity index (χ1v) is 8.45. The second-order valence-corrected chi connectivity index (χ2v) is 7.15. The maximum atomic E-state index is 12.2. The molecule has 0 fully saturated rings. The molecule has 6 nitrogen and oxygen atoms in total. The molecule has 0 unspecified atom stereocenters. The molecule has 0 spiro atoms. The summed E-state index contributed by atoms with van der Waals surface area (Å²) in [5.41, 5.74) is 4.67. The molecular weight excluding hydrogens is 324 g/mol.